The quantitative estimate of drug-likeness (QED) is 0.824. The summed E-state index contributed by atoms with van der Waals surface area (Å²) in [4.78, 5) is 10.8. The van der Waals surface area contributed by atoms with Gasteiger partial charge in [-0.3, -0.25) is 9.52 Å². The monoisotopic (exact) mass is 323 g/mol. The SMILES string of the molecule is COc1cc(NS(=O)(=O)C(C)C(=O)O)c(OC)cc1Cl. The minimum absolute atomic E-state index is 0.0434. The lowest BCUT2D eigenvalue weighted by atomic mass is 10.3. The average molecular weight is 324 g/mol. The number of rotatable bonds is 6. The number of hydrogen-bond donors (Lipinski definition) is 2. The highest BCUT2D eigenvalue weighted by atomic mass is 35.5. The van der Waals surface area contributed by atoms with Gasteiger partial charge >= 0.3 is 5.97 Å². The van der Waals surface area contributed by atoms with Gasteiger partial charge in [0.1, 0.15) is 11.5 Å². The molecule has 20 heavy (non-hydrogen) atoms. The van der Waals surface area contributed by atoms with Crippen molar-refractivity contribution < 1.29 is 27.8 Å². The number of carbonyl (C=O) groups is 1. The van der Waals surface area contributed by atoms with E-state index in [4.69, 9.17) is 26.2 Å². The summed E-state index contributed by atoms with van der Waals surface area (Å²) in [6, 6.07) is 2.68. The smallest absolute Gasteiger partial charge is 0.323 e. The lowest BCUT2D eigenvalue weighted by Gasteiger charge is -2.15. The normalized spacial score (nSPS) is 12.6. The van der Waals surface area contributed by atoms with E-state index in [0.29, 0.717) is 0 Å². The zero-order valence-electron chi connectivity index (χ0n) is 11.0. The Bertz CT molecular complexity index is 616. The third-order valence-electron chi connectivity index (χ3n) is 2.54. The maximum atomic E-state index is 11.9. The molecule has 1 rings (SSSR count). The predicted molar refractivity (Wildman–Crippen MR) is 74.2 cm³/mol. The van der Waals surface area contributed by atoms with Crippen LogP contribution < -0.4 is 14.2 Å². The molecule has 0 radical (unpaired) electrons. The van der Waals surface area contributed by atoms with Gasteiger partial charge < -0.3 is 14.6 Å². The van der Waals surface area contributed by atoms with Crippen molar-refractivity contribution in [3.8, 4) is 11.5 Å². The van der Waals surface area contributed by atoms with E-state index in [1.54, 1.807) is 0 Å². The molecule has 0 aliphatic heterocycles. The van der Waals surface area contributed by atoms with Gasteiger partial charge in [0.15, 0.2) is 5.25 Å². The molecule has 1 atom stereocenters. The molecule has 1 unspecified atom stereocenters. The lowest BCUT2D eigenvalue weighted by Crippen LogP contribution is -2.32. The van der Waals surface area contributed by atoms with Crippen molar-refractivity contribution in [2.24, 2.45) is 0 Å². The first kappa shape index (κ1) is 16.4. The van der Waals surface area contributed by atoms with Crippen LogP contribution in [-0.2, 0) is 14.8 Å². The van der Waals surface area contributed by atoms with E-state index in [1.165, 1.54) is 26.4 Å². The Balaban J connectivity index is 3.23. The average Bonchev–Trinajstić information content (AvgIpc) is 2.38. The number of ether oxygens (including phenoxy) is 2. The number of carboxylic acids is 1. The molecule has 0 saturated heterocycles. The van der Waals surface area contributed by atoms with Crippen LogP contribution in [0.4, 0.5) is 5.69 Å². The fraction of sp³-hybridized carbons (Fsp3) is 0.364. The molecule has 0 saturated carbocycles. The van der Waals surface area contributed by atoms with Crippen LogP contribution in [0.5, 0.6) is 11.5 Å². The molecule has 0 bridgehead atoms. The number of anilines is 1. The molecule has 0 aromatic heterocycles. The highest BCUT2D eigenvalue weighted by Crippen LogP contribution is 2.36. The zero-order valence-corrected chi connectivity index (χ0v) is 12.6. The summed E-state index contributed by atoms with van der Waals surface area (Å²) in [6.07, 6.45) is 0. The third kappa shape index (κ3) is 3.45. The van der Waals surface area contributed by atoms with Crippen molar-refractivity contribution in [2.45, 2.75) is 12.2 Å². The first-order valence-corrected chi connectivity index (χ1v) is 7.31. The van der Waals surface area contributed by atoms with Gasteiger partial charge in [0, 0.05) is 12.1 Å². The molecular formula is C11H14ClNO6S. The van der Waals surface area contributed by atoms with Gasteiger partial charge in [-0.2, -0.15) is 0 Å². The highest BCUT2D eigenvalue weighted by molar-refractivity contribution is 7.94. The van der Waals surface area contributed by atoms with Crippen molar-refractivity contribution >= 4 is 33.3 Å². The van der Waals surface area contributed by atoms with Crippen LogP contribution in [0.3, 0.4) is 0 Å². The molecule has 1 aromatic carbocycles. The predicted octanol–water partition coefficient (Wildman–Crippen LogP) is 1.57. The fourth-order valence-corrected chi connectivity index (χ4v) is 2.45. The number of hydrogen-bond acceptors (Lipinski definition) is 5. The first-order valence-electron chi connectivity index (χ1n) is 5.39. The van der Waals surface area contributed by atoms with Crippen molar-refractivity contribution in [2.75, 3.05) is 18.9 Å². The molecule has 0 spiro atoms. The van der Waals surface area contributed by atoms with Crippen molar-refractivity contribution in [3.05, 3.63) is 17.2 Å². The second-order valence-electron chi connectivity index (χ2n) is 3.81. The zero-order chi connectivity index (χ0) is 15.5. The summed E-state index contributed by atoms with van der Waals surface area (Å²) in [5.41, 5.74) is 0.0434. The molecule has 112 valence electrons. The second-order valence-corrected chi connectivity index (χ2v) is 6.22. The van der Waals surface area contributed by atoms with Crippen LogP contribution in [0.25, 0.3) is 0 Å². The lowest BCUT2D eigenvalue weighted by molar-refractivity contribution is -0.136. The first-order chi connectivity index (χ1) is 9.22. The van der Waals surface area contributed by atoms with E-state index >= 15 is 0 Å². The standard InChI is InChI=1S/C11H14ClNO6S/c1-6(11(14)15)20(16,17)13-8-5-9(18-2)7(12)4-10(8)19-3/h4-6,13H,1-3H3,(H,14,15). The summed E-state index contributed by atoms with van der Waals surface area (Å²) in [5, 5.41) is 7.39. The Labute approximate surface area is 121 Å². The van der Waals surface area contributed by atoms with E-state index in [0.717, 1.165) is 6.92 Å². The Kier molecular flexibility index (Phi) is 5.07. The second kappa shape index (κ2) is 6.19. The number of nitrogens with one attached hydrogen (secondary N) is 1. The van der Waals surface area contributed by atoms with E-state index in [9.17, 15) is 13.2 Å². The Morgan fingerprint density at radius 1 is 1.30 bits per heavy atom. The molecule has 0 amide bonds. The van der Waals surface area contributed by atoms with Gasteiger partial charge in [-0.05, 0) is 6.92 Å². The van der Waals surface area contributed by atoms with Crippen LogP contribution in [-0.4, -0.2) is 39.0 Å². The van der Waals surface area contributed by atoms with Crippen molar-refractivity contribution in [1.82, 2.24) is 0 Å². The topological polar surface area (TPSA) is 102 Å². The number of halogens is 1. The Morgan fingerprint density at radius 3 is 2.30 bits per heavy atom. The molecule has 9 heteroatoms. The fourth-order valence-electron chi connectivity index (χ4n) is 1.31. The van der Waals surface area contributed by atoms with E-state index in [2.05, 4.69) is 4.72 Å². The molecule has 0 heterocycles. The molecule has 0 aliphatic carbocycles. The van der Waals surface area contributed by atoms with Crippen molar-refractivity contribution in [3.63, 3.8) is 0 Å². The highest BCUT2D eigenvalue weighted by Gasteiger charge is 2.28. The summed E-state index contributed by atoms with van der Waals surface area (Å²) in [5.74, 6) is -1.08. The van der Waals surface area contributed by atoms with Crippen LogP contribution in [0.2, 0.25) is 5.02 Å². The van der Waals surface area contributed by atoms with E-state index in [-0.39, 0.29) is 22.2 Å². The number of aliphatic carboxylic acids is 1. The number of carboxylic acid groups (broad SMARTS) is 1. The molecule has 0 fully saturated rings. The molecule has 2 N–H and O–H groups in total. The summed E-state index contributed by atoms with van der Waals surface area (Å²) >= 11 is 5.89. The van der Waals surface area contributed by atoms with Crippen LogP contribution >= 0.6 is 11.6 Å². The largest absolute Gasteiger partial charge is 0.495 e. The van der Waals surface area contributed by atoms with Crippen LogP contribution in [0, 0.1) is 0 Å². The molecular weight excluding hydrogens is 310 g/mol. The number of sulfonamides is 1. The Morgan fingerprint density at radius 2 is 1.85 bits per heavy atom. The summed E-state index contributed by atoms with van der Waals surface area (Å²) < 4.78 is 35.9. The Hall–Kier alpha value is -1.67. The number of methoxy groups -OCH3 is 2. The maximum Gasteiger partial charge on any atom is 0.323 e. The molecule has 1 aromatic rings. The minimum atomic E-state index is -4.11. The van der Waals surface area contributed by atoms with Gasteiger partial charge in [0.2, 0.25) is 10.0 Å². The van der Waals surface area contributed by atoms with Gasteiger partial charge in [-0.15, -0.1) is 0 Å². The van der Waals surface area contributed by atoms with Crippen molar-refractivity contribution in [1.29, 1.82) is 0 Å². The third-order valence-corrected chi connectivity index (χ3v) is 4.47. The van der Waals surface area contributed by atoms with Gasteiger partial charge in [0.05, 0.1) is 24.9 Å². The minimum Gasteiger partial charge on any atom is -0.495 e. The van der Waals surface area contributed by atoms with Gasteiger partial charge in [0.25, 0.3) is 0 Å². The van der Waals surface area contributed by atoms with E-state index < -0.39 is 21.2 Å². The van der Waals surface area contributed by atoms with Gasteiger partial charge in [-0.1, -0.05) is 11.6 Å². The van der Waals surface area contributed by atoms with Gasteiger partial charge in [-0.25, -0.2) is 8.42 Å². The number of benzene rings is 1. The van der Waals surface area contributed by atoms with E-state index in [1.807, 2.05) is 0 Å². The summed E-state index contributed by atoms with van der Waals surface area (Å²) in [7, 11) is -1.41. The van der Waals surface area contributed by atoms with Crippen LogP contribution in [0.1, 0.15) is 6.92 Å². The van der Waals surface area contributed by atoms with Crippen LogP contribution in [0.15, 0.2) is 12.1 Å². The maximum absolute atomic E-state index is 11.9. The molecule has 0 aliphatic rings. The summed E-state index contributed by atoms with van der Waals surface area (Å²) in [6.45, 7) is 1.06. The molecule has 7 nitrogen and oxygen atoms in total.